The van der Waals surface area contributed by atoms with Gasteiger partial charge in [-0.25, -0.2) is 0 Å². The minimum Gasteiger partial charge on any atom is -0.483 e. The van der Waals surface area contributed by atoms with Crippen molar-refractivity contribution in [3.63, 3.8) is 0 Å². The van der Waals surface area contributed by atoms with Crippen molar-refractivity contribution in [1.29, 1.82) is 0 Å². The predicted octanol–water partition coefficient (Wildman–Crippen LogP) is 2.23. The highest BCUT2D eigenvalue weighted by Gasteiger charge is 2.41. The number of nitrogens with one attached hydrogen (secondary N) is 1. The molecule has 0 aliphatic carbocycles. The molecule has 2 aromatic carbocycles. The smallest absolute Gasteiger partial charge is 0.290 e. The quantitative estimate of drug-likeness (QED) is 0.842. The Bertz CT molecular complexity index is 733. The van der Waals surface area contributed by atoms with Crippen molar-refractivity contribution < 1.29 is 14.7 Å². The van der Waals surface area contributed by atoms with E-state index in [1.54, 1.807) is 0 Å². The number of hydrogen-bond donors (Lipinski definition) is 2. The Kier molecular flexibility index (Phi) is 5.46. The van der Waals surface area contributed by atoms with Crippen LogP contribution in [0.2, 0.25) is 0 Å². The molecule has 0 spiro atoms. The van der Waals surface area contributed by atoms with Gasteiger partial charge in [0.05, 0.1) is 5.92 Å². The van der Waals surface area contributed by atoms with E-state index >= 15 is 0 Å². The maximum Gasteiger partial charge on any atom is 0.290 e. The van der Waals surface area contributed by atoms with Gasteiger partial charge in [0, 0.05) is 32.1 Å². The van der Waals surface area contributed by atoms with Crippen molar-refractivity contribution in [2.75, 3.05) is 19.6 Å². The first-order valence-corrected chi connectivity index (χ1v) is 8.44. The number of amides is 1. The van der Waals surface area contributed by atoms with Crippen molar-refractivity contribution in [2.24, 2.45) is 11.8 Å². The second-order valence-corrected chi connectivity index (χ2v) is 6.43. The van der Waals surface area contributed by atoms with Gasteiger partial charge in [-0.05, 0) is 16.7 Å². The van der Waals surface area contributed by atoms with Gasteiger partial charge in [0.2, 0.25) is 5.91 Å². The molecule has 0 aromatic heterocycles. The minimum atomic E-state index is -0.250. The lowest BCUT2D eigenvalue weighted by molar-refractivity contribution is -0.123. The van der Waals surface area contributed by atoms with Crippen LogP contribution in [-0.4, -0.2) is 42.0 Å². The lowest BCUT2D eigenvalue weighted by Crippen LogP contribution is -2.28. The van der Waals surface area contributed by atoms with Crippen molar-refractivity contribution >= 4 is 12.4 Å². The van der Waals surface area contributed by atoms with Crippen LogP contribution in [0.15, 0.2) is 54.6 Å². The standard InChI is InChI=1S/C19H20N2O.CH2O2/c22-19-18-13-21(12-16(18)10-20-19)11-15-8-4-5-9-17(15)14-6-2-1-3-7-14;2-1-3/h1-9,16,18H,10-13H2,(H,20,22);1H,(H,2,3)/t16-,18+;/m0./s1. The minimum absolute atomic E-state index is 0.198. The highest BCUT2D eigenvalue weighted by molar-refractivity contribution is 5.81. The van der Waals surface area contributed by atoms with E-state index < -0.39 is 0 Å². The van der Waals surface area contributed by atoms with Crippen LogP contribution in [-0.2, 0) is 16.1 Å². The van der Waals surface area contributed by atoms with Gasteiger partial charge in [0.25, 0.3) is 6.47 Å². The number of hydrogen-bond acceptors (Lipinski definition) is 3. The number of carbonyl (C=O) groups excluding carboxylic acids is 1. The van der Waals surface area contributed by atoms with Crippen LogP contribution in [0.4, 0.5) is 0 Å². The molecule has 2 aliphatic rings. The van der Waals surface area contributed by atoms with E-state index in [2.05, 4.69) is 58.7 Å². The van der Waals surface area contributed by atoms with Crippen molar-refractivity contribution in [3.8, 4) is 11.1 Å². The van der Waals surface area contributed by atoms with E-state index in [1.807, 2.05) is 6.07 Å². The molecule has 0 saturated carbocycles. The van der Waals surface area contributed by atoms with Crippen molar-refractivity contribution in [3.05, 3.63) is 60.2 Å². The molecular weight excluding hydrogens is 316 g/mol. The predicted molar refractivity (Wildman–Crippen MR) is 95.8 cm³/mol. The van der Waals surface area contributed by atoms with Crippen LogP contribution < -0.4 is 5.32 Å². The molecule has 5 nitrogen and oxygen atoms in total. The monoisotopic (exact) mass is 338 g/mol. The zero-order valence-corrected chi connectivity index (χ0v) is 14.0. The molecule has 130 valence electrons. The molecule has 0 unspecified atom stereocenters. The van der Waals surface area contributed by atoms with E-state index in [9.17, 15) is 4.79 Å². The van der Waals surface area contributed by atoms with Gasteiger partial charge in [0.1, 0.15) is 0 Å². The zero-order chi connectivity index (χ0) is 17.6. The first-order chi connectivity index (χ1) is 12.2. The number of nitrogens with zero attached hydrogens (tertiary/aromatic N) is 1. The van der Waals surface area contributed by atoms with Crippen LogP contribution in [0.3, 0.4) is 0 Å². The number of carboxylic acid groups (broad SMARTS) is 1. The first-order valence-electron chi connectivity index (χ1n) is 8.44. The molecule has 0 radical (unpaired) electrons. The summed E-state index contributed by atoms with van der Waals surface area (Å²) in [5, 5.41) is 9.87. The zero-order valence-electron chi connectivity index (χ0n) is 14.0. The fraction of sp³-hybridized carbons (Fsp3) is 0.300. The third kappa shape index (κ3) is 3.88. The Morgan fingerprint density at radius 1 is 1.08 bits per heavy atom. The van der Waals surface area contributed by atoms with Gasteiger partial charge < -0.3 is 10.4 Å². The molecule has 2 N–H and O–H groups in total. The summed E-state index contributed by atoms with van der Waals surface area (Å²) >= 11 is 0. The molecule has 2 heterocycles. The van der Waals surface area contributed by atoms with Crippen LogP contribution >= 0.6 is 0 Å². The number of fused-ring (bicyclic) bond motifs is 1. The van der Waals surface area contributed by atoms with E-state index in [0.29, 0.717) is 5.92 Å². The van der Waals surface area contributed by atoms with E-state index in [4.69, 9.17) is 9.90 Å². The van der Waals surface area contributed by atoms with Gasteiger partial charge >= 0.3 is 0 Å². The van der Waals surface area contributed by atoms with Gasteiger partial charge in [-0.3, -0.25) is 14.5 Å². The molecule has 0 bridgehead atoms. The number of rotatable bonds is 3. The van der Waals surface area contributed by atoms with Crippen molar-refractivity contribution in [1.82, 2.24) is 10.2 Å². The molecule has 2 saturated heterocycles. The molecule has 2 atom stereocenters. The topological polar surface area (TPSA) is 69.6 Å². The summed E-state index contributed by atoms with van der Waals surface area (Å²) in [5.41, 5.74) is 3.90. The SMILES string of the molecule is O=C1NC[C@H]2CN(Cc3ccccc3-c3ccccc3)C[C@@H]12.O=CO. The van der Waals surface area contributed by atoms with E-state index in [0.717, 1.165) is 26.2 Å². The summed E-state index contributed by atoms with van der Waals surface area (Å²) in [6.45, 7) is 3.43. The Hall–Kier alpha value is -2.66. The lowest BCUT2D eigenvalue weighted by Gasteiger charge is -2.19. The molecule has 2 aromatic rings. The average molecular weight is 338 g/mol. The number of benzene rings is 2. The summed E-state index contributed by atoms with van der Waals surface area (Å²) in [6.07, 6.45) is 0. The third-order valence-electron chi connectivity index (χ3n) is 4.89. The molecule has 1 amide bonds. The second-order valence-electron chi connectivity index (χ2n) is 6.43. The summed E-state index contributed by atoms with van der Waals surface area (Å²) in [4.78, 5) is 22.6. The summed E-state index contributed by atoms with van der Waals surface area (Å²) in [5.74, 6) is 0.934. The summed E-state index contributed by atoms with van der Waals surface area (Å²) in [7, 11) is 0. The molecule has 2 aliphatic heterocycles. The van der Waals surface area contributed by atoms with E-state index in [1.165, 1.54) is 16.7 Å². The third-order valence-corrected chi connectivity index (χ3v) is 4.89. The van der Waals surface area contributed by atoms with Gasteiger partial charge in [-0.2, -0.15) is 0 Å². The fourth-order valence-electron chi connectivity index (χ4n) is 3.75. The average Bonchev–Trinajstić information content (AvgIpc) is 3.19. The maximum atomic E-state index is 11.8. The molecule has 25 heavy (non-hydrogen) atoms. The van der Waals surface area contributed by atoms with Crippen LogP contribution in [0.5, 0.6) is 0 Å². The first kappa shape index (κ1) is 17.2. The Morgan fingerprint density at radius 2 is 1.76 bits per heavy atom. The molecule has 2 fully saturated rings. The Labute approximate surface area is 147 Å². The largest absolute Gasteiger partial charge is 0.483 e. The molecule has 5 heteroatoms. The van der Waals surface area contributed by atoms with Crippen LogP contribution in [0, 0.1) is 11.8 Å². The van der Waals surface area contributed by atoms with Gasteiger partial charge in [-0.1, -0.05) is 54.6 Å². The van der Waals surface area contributed by atoms with Gasteiger partial charge in [0.15, 0.2) is 0 Å². The maximum absolute atomic E-state index is 11.8. The molecule has 4 rings (SSSR count). The Morgan fingerprint density at radius 3 is 2.48 bits per heavy atom. The lowest BCUT2D eigenvalue weighted by atomic mass is 9.99. The van der Waals surface area contributed by atoms with Crippen LogP contribution in [0.25, 0.3) is 11.1 Å². The summed E-state index contributed by atoms with van der Waals surface area (Å²) < 4.78 is 0. The molecular formula is C20H22N2O3. The second kappa shape index (κ2) is 7.94. The number of likely N-dealkylation sites (tertiary alicyclic amines) is 1. The highest BCUT2D eigenvalue weighted by atomic mass is 16.3. The van der Waals surface area contributed by atoms with Crippen LogP contribution in [0.1, 0.15) is 5.56 Å². The van der Waals surface area contributed by atoms with E-state index in [-0.39, 0.29) is 18.3 Å². The van der Waals surface area contributed by atoms with Crippen molar-refractivity contribution in [2.45, 2.75) is 6.54 Å². The van der Waals surface area contributed by atoms with Gasteiger partial charge in [-0.15, -0.1) is 0 Å². The summed E-state index contributed by atoms with van der Waals surface area (Å²) in [6, 6.07) is 19.1. The number of carbonyl (C=O) groups is 2. The fourth-order valence-corrected chi connectivity index (χ4v) is 3.75. The normalized spacial score (nSPS) is 21.8. The highest BCUT2D eigenvalue weighted by Crippen LogP contribution is 2.30. The Balaban J connectivity index is 0.000000569.